The summed E-state index contributed by atoms with van der Waals surface area (Å²) in [6, 6.07) is 34.4. The van der Waals surface area contributed by atoms with Crippen LogP contribution in [0.5, 0.6) is 11.5 Å². The molecule has 5 aromatic rings. The largest absolute Gasteiger partial charge is 0.489 e. The lowest BCUT2D eigenvalue weighted by molar-refractivity contribution is -0.118. The van der Waals surface area contributed by atoms with E-state index in [1.807, 2.05) is 84.9 Å². The zero-order valence-electron chi connectivity index (χ0n) is 22.5. The van der Waals surface area contributed by atoms with Crippen LogP contribution in [0.15, 0.2) is 115 Å². The molecule has 206 valence electrons. The van der Waals surface area contributed by atoms with Crippen molar-refractivity contribution in [2.24, 2.45) is 0 Å². The van der Waals surface area contributed by atoms with Crippen molar-refractivity contribution < 1.29 is 19.1 Å². The molecular weight excluding hydrogens is 534 g/mol. The maximum absolute atomic E-state index is 13.2. The molecule has 1 N–H and O–H groups in total. The molecule has 8 heteroatoms. The number of ether oxygens (including phenoxy) is 2. The van der Waals surface area contributed by atoms with E-state index in [-0.39, 0.29) is 18.0 Å². The second kappa shape index (κ2) is 13.4. The van der Waals surface area contributed by atoms with Crippen molar-refractivity contribution in [3.8, 4) is 22.1 Å². The van der Waals surface area contributed by atoms with Crippen LogP contribution < -0.4 is 19.9 Å². The van der Waals surface area contributed by atoms with Crippen molar-refractivity contribution in [3.63, 3.8) is 0 Å². The van der Waals surface area contributed by atoms with Crippen LogP contribution in [0.25, 0.3) is 10.6 Å². The van der Waals surface area contributed by atoms with E-state index < -0.39 is 5.91 Å². The van der Waals surface area contributed by atoms with Crippen LogP contribution in [-0.2, 0) is 18.0 Å². The smallest absolute Gasteiger partial charge is 0.289 e. The van der Waals surface area contributed by atoms with Crippen molar-refractivity contribution in [2.75, 3.05) is 5.01 Å². The van der Waals surface area contributed by atoms with Gasteiger partial charge in [0.2, 0.25) is 5.91 Å². The van der Waals surface area contributed by atoms with Crippen LogP contribution in [-0.4, -0.2) is 16.8 Å². The molecule has 0 fully saturated rings. The summed E-state index contributed by atoms with van der Waals surface area (Å²) >= 11 is 1.34. The highest BCUT2D eigenvalue weighted by Gasteiger charge is 2.21. The first kappa shape index (κ1) is 27.6. The molecule has 0 aliphatic heterocycles. The Bertz CT molecular complexity index is 1590. The SMILES string of the molecule is CCC(=O)N(NC(=O)c1csc(-c2ccccc2OCc2ccccc2)n1)c1ccc(OCc2ccccc2)cc1. The van der Waals surface area contributed by atoms with Crippen LogP contribution in [0, 0.1) is 0 Å². The topological polar surface area (TPSA) is 80.8 Å². The second-order valence-electron chi connectivity index (χ2n) is 9.10. The highest BCUT2D eigenvalue weighted by atomic mass is 32.1. The van der Waals surface area contributed by atoms with Crippen molar-refractivity contribution in [1.29, 1.82) is 0 Å². The van der Waals surface area contributed by atoms with Gasteiger partial charge in [-0.3, -0.25) is 15.0 Å². The lowest BCUT2D eigenvalue weighted by atomic mass is 10.2. The minimum Gasteiger partial charge on any atom is -0.489 e. The van der Waals surface area contributed by atoms with E-state index in [0.29, 0.717) is 35.4 Å². The lowest BCUT2D eigenvalue weighted by Gasteiger charge is -2.22. The quantitative estimate of drug-likeness (QED) is 0.184. The van der Waals surface area contributed by atoms with Gasteiger partial charge in [0.05, 0.1) is 11.3 Å². The van der Waals surface area contributed by atoms with Crippen LogP contribution in [0.1, 0.15) is 35.0 Å². The van der Waals surface area contributed by atoms with E-state index in [4.69, 9.17) is 9.47 Å². The average Bonchev–Trinajstić information content (AvgIpc) is 3.53. The average molecular weight is 564 g/mol. The number of rotatable bonds is 10. The van der Waals surface area contributed by atoms with Gasteiger partial charge >= 0.3 is 0 Å². The summed E-state index contributed by atoms with van der Waals surface area (Å²) in [5.74, 6) is 0.591. The number of aromatic nitrogens is 1. The standard InChI is InChI=1S/C33H29N3O4S/c1-2-31(37)36(26-17-19-27(20-18-26)39-21-24-11-5-3-6-12-24)35-32(38)29-23-41-33(34-29)28-15-9-10-16-30(28)40-22-25-13-7-4-8-14-25/h3-20,23H,2,21-22H2,1H3,(H,35,38). The summed E-state index contributed by atoms with van der Waals surface area (Å²) < 4.78 is 11.9. The molecule has 0 radical (unpaired) electrons. The fourth-order valence-corrected chi connectivity index (χ4v) is 4.86. The van der Waals surface area contributed by atoms with Gasteiger partial charge in [0.15, 0.2) is 0 Å². The number of benzene rings is 4. The van der Waals surface area contributed by atoms with Gasteiger partial charge in [0.25, 0.3) is 5.91 Å². The molecule has 0 bridgehead atoms. The van der Waals surface area contributed by atoms with Crippen LogP contribution in [0.2, 0.25) is 0 Å². The predicted octanol–water partition coefficient (Wildman–Crippen LogP) is 7.06. The van der Waals surface area contributed by atoms with E-state index in [1.165, 1.54) is 16.3 Å². The first-order valence-corrected chi connectivity index (χ1v) is 14.1. The summed E-state index contributed by atoms with van der Waals surface area (Å²) in [6.45, 7) is 2.59. The van der Waals surface area contributed by atoms with Gasteiger partial charge in [-0.2, -0.15) is 0 Å². The van der Waals surface area contributed by atoms with Gasteiger partial charge in [0, 0.05) is 11.8 Å². The van der Waals surface area contributed by atoms with Gasteiger partial charge in [-0.25, -0.2) is 9.99 Å². The van der Waals surface area contributed by atoms with Crippen LogP contribution in [0.4, 0.5) is 5.69 Å². The minimum atomic E-state index is -0.485. The number of carbonyl (C=O) groups excluding carboxylic acids is 2. The Hall–Kier alpha value is -4.95. The van der Waals surface area contributed by atoms with Gasteiger partial charge in [0.1, 0.15) is 35.4 Å². The molecule has 0 atom stereocenters. The molecular formula is C33H29N3O4S. The van der Waals surface area contributed by atoms with Gasteiger partial charge < -0.3 is 9.47 Å². The molecule has 0 spiro atoms. The Morgan fingerprint density at radius 1 is 0.780 bits per heavy atom. The Balaban J connectivity index is 1.27. The van der Waals surface area contributed by atoms with Gasteiger partial charge in [-0.05, 0) is 47.5 Å². The number of nitrogens with zero attached hydrogens (tertiary/aromatic N) is 2. The van der Waals surface area contributed by atoms with Gasteiger partial charge in [-0.15, -0.1) is 11.3 Å². The number of nitrogens with one attached hydrogen (secondary N) is 1. The Morgan fingerprint density at radius 3 is 2.05 bits per heavy atom. The zero-order chi connectivity index (χ0) is 28.4. The highest BCUT2D eigenvalue weighted by Crippen LogP contribution is 2.33. The molecule has 4 aromatic carbocycles. The monoisotopic (exact) mass is 563 g/mol. The molecule has 1 heterocycles. The molecule has 5 rings (SSSR count). The first-order valence-electron chi connectivity index (χ1n) is 13.2. The van der Waals surface area contributed by atoms with Crippen molar-refractivity contribution >= 4 is 28.8 Å². The van der Waals surface area contributed by atoms with Crippen molar-refractivity contribution in [1.82, 2.24) is 10.4 Å². The third kappa shape index (κ3) is 7.17. The fourth-order valence-electron chi connectivity index (χ4n) is 4.03. The zero-order valence-corrected chi connectivity index (χ0v) is 23.3. The van der Waals surface area contributed by atoms with Gasteiger partial charge in [-0.1, -0.05) is 79.7 Å². The first-order chi connectivity index (χ1) is 20.1. The highest BCUT2D eigenvalue weighted by molar-refractivity contribution is 7.13. The molecule has 2 amide bonds. The third-order valence-electron chi connectivity index (χ3n) is 6.20. The number of para-hydroxylation sites is 1. The maximum atomic E-state index is 13.2. The van der Waals surface area contributed by atoms with E-state index in [2.05, 4.69) is 10.4 Å². The maximum Gasteiger partial charge on any atom is 0.289 e. The summed E-state index contributed by atoms with van der Waals surface area (Å²) in [5.41, 5.74) is 6.35. The number of carbonyl (C=O) groups is 2. The van der Waals surface area contributed by atoms with Crippen molar-refractivity contribution in [3.05, 3.63) is 131 Å². The molecule has 7 nitrogen and oxygen atoms in total. The number of hydrogen-bond donors (Lipinski definition) is 1. The van der Waals surface area contributed by atoms with Crippen LogP contribution >= 0.6 is 11.3 Å². The third-order valence-corrected chi connectivity index (χ3v) is 7.08. The summed E-state index contributed by atoms with van der Waals surface area (Å²) in [7, 11) is 0. The summed E-state index contributed by atoms with van der Waals surface area (Å²) in [6.07, 6.45) is 0.209. The molecule has 41 heavy (non-hydrogen) atoms. The molecule has 0 aliphatic carbocycles. The predicted molar refractivity (Wildman–Crippen MR) is 161 cm³/mol. The lowest BCUT2D eigenvalue weighted by Crippen LogP contribution is -2.46. The molecule has 1 aromatic heterocycles. The van der Waals surface area contributed by atoms with Crippen LogP contribution in [0.3, 0.4) is 0 Å². The van der Waals surface area contributed by atoms with E-state index in [0.717, 1.165) is 16.7 Å². The summed E-state index contributed by atoms with van der Waals surface area (Å²) in [4.78, 5) is 30.5. The minimum absolute atomic E-state index is 0.208. The summed E-state index contributed by atoms with van der Waals surface area (Å²) in [5, 5.41) is 3.57. The second-order valence-corrected chi connectivity index (χ2v) is 9.96. The molecule has 0 saturated carbocycles. The normalized spacial score (nSPS) is 10.6. The van der Waals surface area contributed by atoms with Crippen molar-refractivity contribution in [2.45, 2.75) is 26.6 Å². The number of amides is 2. The van der Waals surface area contributed by atoms with E-state index >= 15 is 0 Å². The number of hydrazine groups is 1. The molecule has 0 aliphatic rings. The van der Waals surface area contributed by atoms with E-state index in [1.54, 1.807) is 36.6 Å². The Labute approximate surface area is 243 Å². The molecule has 0 unspecified atom stereocenters. The number of anilines is 1. The Kier molecular flexibility index (Phi) is 9.03. The number of hydrogen-bond acceptors (Lipinski definition) is 6. The number of thiazole rings is 1. The van der Waals surface area contributed by atoms with E-state index in [9.17, 15) is 9.59 Å². The molecule has 0 saturated heterocycles. The fraction of sp³-hybridized carbons (Fsp3) is 0.121. The Morgan fingerprint density at radius 2 is 1.39 bits per heavy atom.